The van der Waals surface area contributed by atoms with E-state index in [0.717, 1.165) is 6.20 Å². The maximum atomic E-state index is 13.4. The largest absolute Gasteiger partial charge is 0.388 e. The lowest BCUT2D eigenvalue weighted by atomic mass is 10.1. The molecule has 3 N–H and O–H groups in total. The summed E-state index contributed by atoms with van der Waals surface area (Å²) in [5, 5.41) is 14.8. The zero-order valence-corrected chi connectivity index (χ0v) is 17.9. The van der Waals surface area contributed by atoms with Crippen LogP contribution in [-0.4, -0.2) is 64.3 Å². The normalized spacial score (nSPS) is 17.9. The second kappa shape index (κ2) is 9.53. The number of ether oxygens (including phenoxy) is 1. The van der Waals surface area contributed by atoms with E-state index in [4.69, 9.17) is 4.74 Å². The number of Topliss-reactive ketones (excluding diaryl/α,β-unsaturated/α-hetero) is 1. The van der Waals surface area contributed by atoms with Crippen molar-refractivity contribution >= 4 is 23.3 Å². The van der Waals surface area contributed by atoms with Crippen LogP contribution in [0.4, 0.5) is 14.5 Å². The fourth-order valence-corrected chi connectivity index (χ4v) is 3.73. The van der Waals surface area contributed by atoms with Gasteiger partial charge in [0, 0.05) is 11.3 Å². The molecule has 172 valence electrons. The molecular formula is C21H24F2N4O5. The molecule has 32 heavy (non-hydrogen) atoms. The van der Waals surface area contributed by atoms with E-state index in [0.29, 0.717) is 5.69 Å². The number of nitrogens with one attached hydrogen (secondary N) is 2. The second-order valence-electron chi connectivity index (χ2n) is 7.57. The summed E-state index contributed by atoms with van der Waals surface area (Å²) in [6.45, 7) is 3.55. The van der Waals surface area contributed by atoms with Crippen molar-refractivity contribution in [3.8, 4) is 0 Å². The monoisotopic (exact) mass is 450 g/mol. The molecule has 2 amide bonds. The molecule has 0 radical (unpaired) electrons. The van der Waals surface area contributed by atoms with Crippen LogP contribution in [0.3, 0.4) is 0 Å². The number of aliphatic hydroxyl groups is 1. The molecule has 2 aromatic heterocycles. The summed E-state index contributed by atoms with van der Waals surface area (Å²) in [6.07, 6.45) is 0.208. The summed E-state index contributed by atoms with van der Waals surface area (Å²) in [5.74, 6) is -3.23. The lowest BCUT2D eigenvalue weighted by Gasteiger charge is -2.15. The highest BCUT2D eigenvalue weighted by Crippen LogP contribution is 2.25. The smallest absolute Gasteiger partial charge is 0.294 e. The molecule has 9 nitrogen and oxygen atoms in total. The van der Waals surface area contributed by atoms with Gasteiger partial charge in [0.2, 0.25) is 5.95 Å². The Morgan fingerprint density at radius 2 is 2.00 bits per heavy atom. The molecule has 0 unspecified atom stereocenters. The van der Waals surface area contributed by atoms with E-state index in [1.807, 2.05) is 0 Å². The van der Waals surface area contributed by atoms with Crippen molar-refractivity contribution in [1.29, 1.82) is 0 Å². The number of anilines is 1. The number of aromatic nitrogens is 2. The molecule has 2 aromatic rings. The van der Waals surface area contributed by atoms with Crippen LogP contribution >= 0.6 is 0 Å². The van der Waals surface area contributed by atoms with E-state index in [9.17, 15) is 28.3 Å². The topological polar surface area (TPSA) is 123 Å². The Balaban J connectivity index is 1.92. The number of rotatable bonds is 7. The van der Waals surface area contributed by atoms with Gasteiger partial charge in [-0.1, -0.05) is 0 Å². The Morgan fingerprint density at radius 3 is 2.59 bits per heavy atom. The van der Waals surface area contributed by atoms with Gasteiger partial charge < -0.3 is 25.0 Å². The first-order valence-corrected chi connectivity index (χ1v) is 9.95. The van der Waals surface area contributed by atoms with Crippen molar-refractivity contribution in [3.63, 3.8) is 0 Å². The van der Waals surface area contributed by atoms with Crippen molar-refractivity contribution in [2.75, 3.05) is 25.2 Å². The molecule has 0 saturated carbocycles. The Bertz CT molecular complexity index is 1070. The summed E-state index contributed by atoms with van der Waals surface area (Å²) in [5.41, 5.74) is 0.947. The average Bonchev–Trinajstić information content (AvgIpc) is 3.24. The predicted molar refractivity (Wildman–Crippen MR) is 110 cm³/mol. The molecule has 1 fully saturated rings. The standard InChI is InChI=1S/C21H24F2N4O5/c1-10-6-13(7-24-19(10)23)25-20(30)16-11(2)17(27(5-4-22)12(16)3)18(29)21(31)26-14-8-32-9-15(14)28/h6-7,14-15,28H,4-5,8-9H2,1-3H3,(H,25,30)(H,26,31)/t14-,15-/m0/s1. The fourth-order valence-electron chi connectivity index (χ4n) is 3.73. The third-order valence-corrected chi connectivity index (χ3v) is 5.36. The third-order valence-electron chi connectivity index (χ3n) is 5.36. The van der Waals surface area contributed by atoms with Crippen LogP contribution in [0.15, 0.2) is 12.3 Å². The summed E-state index contributed by atoms with van der Waals surface area (Å²) in [6, 6.07) is 0.659. The predicted octanol–water partition coefficient (Wildman–Crippen LogP) is 1.23. The van der Waals surface area contributed by atoms with E-state index in [-0.39, 0.29) is 47.8 Å². The quantitative estimate of drug-likeness (QED) is 0.331. The van der Waals surface area contributed by atoms with Gasteiger partial charge in [0.25, 0.3) is 17.6 Å². The number of hydrogen-bond acceptors (Lipinski definition) is 6. The van der Waals surface area contributed by atoms with Crippen LogP contribution in [0.1, 0.15) is 37.7 Å². The summed E-state index contributed by atoms with van der Waals surface area (Å²) in [7, 11) is 0. The van der Waals surface area contributed by atoms with Gasteiger partial charge in [-0.3, -0.25) is 14.4 Å². The molecule has 2 atom stereocenters. The highest BCUT2D eigenvalue weighted by atomic mass is 19.1. The van der Waals surface area contributed by atoms with Crippen molar-refractivity contribution in [2.45, 2.75) is 39.5 Å². The number of nitrogens with zero attached hydrogens (tertiary/aromatic N) is 2. The number of aliphatic hydroxyl groups excluding tert-OH is 1. The minimum absolute atomic E-state index is 0.0392. The van der Waals surface area contributed by atoms with Crippen LogP contribution in [0.2, 0.25) is 0 Å². The lowest BCUT2D eigenvalue weighted by Crippen LogP contribution is -2.45. The van der Waals surface area contributed by atoms with Crippen LogP contribution in [0, 0.1) is 26.7 Å². The van der Waals surface area contributed by atoms with E-state index in [1.54, 1.807) is 0 Å². The molecule has 3 heterocycles. The van der Waals surface area contributed by atoms with Crippen LogP contribution in [0.5, 0.6) is 0 Å². The number of aryl methyl sites for hydroxylation is 1. The summed E-state index contributed by atoms with van der Waals surface area (Å²) < 4.78 is 33.0. The molecule has 1 aliphatic rings. The lowest BCUT2D eigenvalue weighted by molar-refractivity contribution is -0.118. The van der Waals surface area contributed by atoms with Gasteiger partial charge in [0.05, 0.1) is 55.0 Å². The molecular weight excluding hydrogens is 426 g/mol. The van der Waals surface area contributed by atoms with Crippen molar-refractivity contribution in [3.05, 3.63) is 46.3 Å². The zero-order valence-electron chi connectivity index (χ0n) is 17.9. The molecule has 0 aromatic carbocycles. The third kappa shape index (κ3) is 4.53. The Hall–Kier alpha value is -3.18. The zero-order chi connectivity index (χ0) is 23.6. The second-order valence-corrected chi connectivity index (χ2v) is 7.57. The van der Waals surface area contributed by atoms with E-state index >= 15 is 0 Å². The highest BCUT2D eigenvalue weighted by Gasteiger charge is 2.33. The number of carbonyl (C=O) groups is 3. The number of alkyl halides is 1. The summed E-state index contributed by atoms with van der Waals surface area (Å²) >= 11 is 0. The summed E-state index contributed by atoms with van der Waals surface area (Å²) in [4.78, 5) is 41.9. The van der Waals surface area contributed by atoms with E-state index in [2.05, 4.69) is 15.6 Å². The first-order valence-electron chi connectivity index (χ1n) is 9.95. The van der Waals surface area contributed by atoms with Gasteiger partial charge in [-0.05, 0) is 32.4 Å². The Labute approximate surface area is 182 Å². The van der Waals surface area contributed by atoms with E-state index in [1.165, 1.54) is 31.4 Å². The minimum Gasteiger partial charge on any atom is -0.388 e. The highest BCUT2D eigenvalue weighted by molar-refractivity contribution is 6.43. The van der Waals surface area contributed by atoms with Crippen LogP contribution < -0.4 is 10.6 Å². The molecule has 1 aliphatic heterocycles. The number of hydrogen-bond donors (Lipinski definition) is 3. The van der Waals surface area contributed by atoms with Crippen molar-refractivity contribution < 1.29 is 33.0 Å². The van der Waals surface area contributed by atoms with Gasteiger partial charge in [0.15, 0.2) is 0 Å². The fraction of sp³-hybridized carbons (Fsp3) is 0.429. The number of halogens is 2. The van der Waals surface area contributed by atoms with Crippen LogP contribution in [0.25, 0.3) is 0 Å². The number of ketones is 1. The molecule has 0 aliphatic carbocycles. The maximum Gasteiger partial charge on any atom is 0.294 e. The number of carbonyl (C=O) groups excluding carboxylic acids is 3. The van der Waals surface area contributed by atoms with Gasteiger partial charge >= 0.3 is 0 Å². The van der Waals surface area contributed by atoms with Gasteiger partial charge in [-0.2, -0.15) is 4.39 Å². The van der Waals surface area contributed by atoms with Gasteiger partial charge in [-0.25, -0.2) is 9.37 Å². The van der Waals surface area contributed by atoms with Gasteiger partial charge in [-0.15, -0.1) is 0 Å². The van der Waals surface area contributed by atoms with E-state index < -0.39 is 42.4 Å². The number of pyridine rings is 1. The van der Waals surface area contributed by atoms with Crippen molar-refractivity contribution in [2.24, 2.45) is 0 Å². The minimum atomic E-state index is -0.995. The SMILES string of the molecule is Cc1cc(NC(=O)c2c(C)c(C(=O)C(=O)N[C@H]3COC[C@@H]3O)n(CCF)c2C)cnc1F. The van der Waals surface area contributed by atoms with Crippen LogP contribution in [-0.2, 0) is 16.1 Å². The first-order chi connectivity index (χ1) is 15.1. The number of amides is 2. The molecule has 1 saturated heterocycles. The molecule has 0 bridgehead atoms. The molecule has 0 spiro atoms. The van der Waals surface area contributed by atoms with Crippen molar-refractivity contribution in [1.82, 2.24) is 14.9 Å². The molecule has 11 heteroatoms. The Morgan fingerprint density at radius 1 is 1.28 bits per heavy atom. The molecule has 3 rings (SSSR count). The average molecular weight is 450 g/mol. The maximum absolute atomic E-state index is 13.4. The first kappa shape index (κ1) is 23.5. The Kier molecular flexibility index (Phi) is 6.99. The van der Waals surface area contributed by atoms with Gasteiger partial charge in [0.1, 0.15) is 6.67 Å².